The van der Waals surface area contributed by atoms with Crippen molar-refractivity contribution in [1.29, 1.82) is 0 Å². The minimum absolute atomic E-state index is 0.0156. The maximum absolute atomic E-state index is 7.17. The minimum atomic E-state index is -1.80. The molecule has 5 fully saturated rings. The predicted octanol–water partition coefficient (Wildman–Crippen LogP) is 12.2. The average Bonchev–Trinajstić information content (AvgIpc) is 3.43. The monoisotopic (exact) mass is 709 g/mol. The third-order valence-electron chi connectivity index (χ3n) is 16.1. The summed E-state index contributed by atoms with van der Waals surface area (Å²) in [5.74, 6) is 4.95. The van der Waals surface area contributed by atoms with Gasteiger partial charge >= 0.3 is 0 Å². The van der Waals surface area contributed by atoms with Crippen molar-refractivity contribution in [2.75, 3.05) is 6.61 Å². The van der Waals surface area contributed by atoms with E-state index in [1.165, 1.54) is 82.6 Å². The van der Waals surface area contributed by atoms with Gasteiger partial charge in [0.25, 0.3) is 0 Å². The highest BCUT2D eigenvalue weighted by Crippen LogP contribution is 2.69. The molecule has 5 aliphatic rings. The van der Waals surface area contributed by atoms with E-state index in [9.17, 15) is 0 Å². The molecule has 4 saturated carbocycles. The second-order valence-corrected chi connectivity index (χ2v) is 25.1. The van der Waals surface area contributed by atoms with E-state index < -0.39 is 8.32 Å². The third kappa shape index (κ3) is 8.03. The molecule has 284 valence electrons. The molecule has 1 saturated heterocycles. The lowest BCUT2D eigenvalue weighted by molar-refractivity contribution is -0.226. The van der Waals surface area contributed by atoms with Crippen molar-refractivity contribution in [1.82, 2.24) is 0 Å². The van der Waals surface area contributed by atoms with Gasteiger partial charge in [-0.3, -0.25) is 0 Å². The second-order valence-electron chi connectivity index (χ2n) is 20.3. The Morgan fingerprint density at radius 1 is 0.860 bits per heavy atom. The number of benzene rings is 1. The molecular formula is C45H76O4Si. The Morgan fingerprint density at radius 3 is 2.26 bits per heavy atom. The van der Waals surface area contributed by atoms with Crippen molar-refractivity contribution in [2.24, 2.45) is 52.3 Å². The smallest absolute Gasteiger partial charge is 0.192 e. The number of hydrogen-bond donors (Lipinski definition) is 0. The molecule has 4 unspecified atom stereocenters. The quantitative estimate of drug-likeness (QED) is 0.160. The lowest BCUT2D eigenvalue weighted by atomic mass is 9.43. The summed E-state index contributed by atoms with van der Waals surface area (Å²) in [6, 6.07) is 10.9. The Labute approximate surface area is 309 Å². The van der Waals surface area contributed by atoms with Gasteiger partial charge in [-0.05, 0) is 159 Å². The molecule has 0 bridgehead atoms. The number of ether oxygens (including phenoxy) is 3. The van der Waals surface area contributed by atoms with Gasteiger partial charge in [0, 0.05) is 12.7 Å². The van der Waals surface area contributed by atoms with E-state index in [2.05, 4.69) is 98.8 Å². The van der Waals surface area contributed by atoms with Crippen molar-refractivity contribution in [2.45, 2.75) is 188 Å². The van der Waals surface area contributed by atoms with Gasteiger partial charge in [-0.15, -0.1) is 0 Å². The molecule has 0 N–H and O–H groups in total. The van der Waals surface area contributed by atoms with E-state index in [0.717, 1.165) is 43.3 Å². The van der Waals surface area contributed by atoms with Crippen LogP contribution >= 0.6 is 0 Å². The topological polar surface area (TPSA) is 36.9 Å². The van der Waals surface area contributed by atoms with Gasteiger partial charge in [0.05, 0.1) is 18.8 Å². The summed E-state index contributed by atoms with van der Waals surface area (Å²) in [7, 11) is -1.80. The van der Waals surface area contributed by atoms with Crippen molar-refractivity contribution in [3.63, 3.8) is 0 Å². The Balaban J connectivity index is 1.18. The molecule has 1 heterocycles. The fourth-order valence-corrected chi connectivity index (χ4v) is 13.5. The van der Waals surface area contributed by atoms with Crippen LogP contribution in [0.15, 0.2) is 30.3 Å². The van der Waals surface area contributed by atoms with Gasteiger partial charge in [0.2, 0.25) is 0 Å². The maximum atomic E-state index is 7.17. The SMILES string of the molecule is CC(C)C(CC[C@@H](C)[C@H]1CC[C@H]2[C@@H]3[C@H](OCc4ccccc4)CC4CC(OC5CCCCO5)CC[C@]4(C)[C@H]3CC[C@]12C)O[Si](C)(C)C(C)(C)C. The molecule has 5 heteroatoms. The van der Waals surface area contributed by atoms with Gasteiger partial charge in [-0.2, -0.15) is 0 Å². The van der Waals surface area contributed by atoms with Crippen LogP contribution in [0.3, 0.4) is 0 Å². The van der Waals surface area contributed by atoms with Crippen LogP contribution < -0.4 is 0 Å². The highest BCUT2D eigenvalue weighted by Gasteiger charge is 2.63. The number of hydrogen-bond acceptors (Lipinski definition) is 4. The van der Waals surface area contributed by atoms with Crippen LogP contribution in [0.2, 0.25) is 18.1 Å². The minimum Gasteiger partial charge on any atom is -0.414 e. The zero-order valence-corrected chi connectivity index (χ0v) is 35.0. The zero-order valence-electron chi connectivity index (χ0n) is 34.0. The van der Waals surface area contributed by atoms with E-state index >= 15 is 0 Å². The molecule has 1 aromatic carbocycles. The van der Waals surface area contributed by atoms with Crippen LogP contribution in [0.5, 0.6) is 0 Å². The first-order valence-electron chi connectivity index (χ1n) is 21.2. The number of fused-ring (bicyclic) bond motifs is 5. The van der Waals surface area contributed by atoms with E-state index in [0.29, 0.717) is 46.9 Å². The third-order valence-corrected chi connectivity index (χ3v) is 20.6. The molecule has 12 atom stereocenters. The van der Waals surface area contributed by atoms with E-state index in [4.69, 9.17) is 18.6 Å². The Morgan fingerprint density at radius 2 is 1.58 bits per heavy atom. The molecule has 0 amide bonds. The first-order valence-corrected chi connectivity index (χ1v) is 24.1. The van der Waals surface area contributed by atoms with E-state index in [-0.39, 0.29) is 11.3 Å². The van der Waals surface area contributed by atoms with Crippen LogP contribution in [-0.4, -0.2) is 39.5 Å². The average molecular weight is 709 g/mol. The predicted molar refractivity (Wildman–Crippen MR) is 209 cm³/mol. The summed E-state index contributed by atoms with van der Waals surface area (Å²) >= 11 is 0. The van der Waals surface area contributed by atoms with Crippen molar-refractivity contribution in [3.8, 4) is 0 Å². The molecule has 0 radical (unpaired) electrons. The molecule has 0 spiro atoms. The van der Waals surface area contributed by atoms with Gasteiger partial charge in [-0.1, -0.05) is 85.7 Å². The second kappa shape index (κ2) is 15.6. The first kappa shape index (κ1) is 39.0. The summed E-state index contributed by atoms with van der Waals surface area (Å²) in [4.78, 5) is 0. The fourth-order valence-electron chi connectivity index (χ4n) is 12.0. The molecule has 4 nitrogen and oxygen atoms in total. The highest BCUT2D eigenvalue weighted by molar-refractivity contribution is 6.74. The molecule has 1 aromatic rings. The van der Waals surface area contributed by atoms with Gasteiger partial charge < -0.3 is 18.6 Å². The van der Waals surface area contributed by atoms with Crippen molar-refractivity contribution in [3.05, 3.63) is 35.9 Å². The lowest BCUT2D eigenvalue weighted by Crippen LogP contribution is -2.59. The molecule has 1 aliphatic heterocycles. The standard InChI is InChI=1S/C45H76O4Si/c1-31(2)39(49-50(9,10)43(4,5)6)22-19-32(3)36-20-21-37-42-38(24-26-45(36,37)8)44(7)25-23-35(48-41-18-14-15-27-46-41)28-34(44)29-40(42)47-30-33-16-12-11-13-17-33/h11-13,16-17,31-32,34-42H,14-15,18-30H2,1-10H3/t32-,34?,35?,36-,37+,38+,39?,40-,41?,42+,44+,45-/m1/s1. The van der Waals surface area contributed by atoms with Gasteiger partial charge in [0.15, 0.2) is 14.6 Å². The maximum Gasteiger partial charge on any atom is 0.192 e. The van der Waals surface area contributed by atoms with E-state index in [1.54, 1.807) is 0 Å². The number of rotatable bonds is 12. The van der Waals surface area contributed by atoms with E-state index in [1.807, 2.05) is 0 Å². The van der Waals surface area contributed by atoms with Crippen LogP contribution in [0, 0.1) is 52.3 Å². The molecule has 4 aliphatic carbocycles. The van der Waals surface area contributed by atoms with Crippen LogP contribution in [-0.2, 0) is 25.2 Å². The Kier molecular flexibility index (Phi) is 12.1. The fraction of sp³-hybridized carbons (Fsp3) is 0.867. The summed E-state index contributed by atoms with van der Waals surface area (Å²) in [6.07, 6.45) is 17.5. The lowest BCUT2D eigenvalue weighted by Gasteiger charge is -2.63. The molecule has 50 heavy (non-hydrogen) atoms. The zero-order chi connectivity index (χ0) is 35.9. The molecule has 6 rings (SSSR count). The Bertz CT molecular complexity index is 1220. The van der Waals surface area contributed by atoms with Crippen molar-refractivity contribution >= 4 is 8.32 Å². The van der Waals surface area contributed by atoms with Crippen molar-refractivity contribution < 1.29 is 18.6 Å². The summed E-state index contributed by atoms with van der Waals surface area (Å²) in [6.45, 7) is 26.4. The van der Waals surface area contributed by atoms with Gasteiger partial charge in [0.1, 0.15) is 0 Å². The summed E-state index contributed by atoms with van der Waals surface area (Å²) < 4.78 is 27.0. The highest BCUT2D eigenvalue weighted by atomic mass is 28.4. The summed E-state index contributed by atoms with van der Waals surface area (Å²) in [5.41, 5.74) is 2.11. The van der Waals surface area contributed by atoms with Gasteiger partial charge in [-0.25, -0.2) is 0 Å². The normalized spacial score (nSPS) is 39.0. The van der Waals surface area contributed by atoms with Crippen LogP contribution in [0.4, 0.5) is 0 Å². The molecule has 0 aromatic heterocycles. The summed E-state index contributed by atoms with van der Waals surface area (Å²) in [5, 5.41) is 0.251. The Hall–Kier alpha value is -0.723. The first-order chi connectivity index (χ1) is 23.6. The van der Waals surface area contributed by atoms with Crippen LogP contribution in [0.1, 0.15) is 144 Å². The largest absolute Gasteiger partial charge is 0.414 e. The molecular weight excluding hydrogens is 633 g/mol. The van der Waals surface area contributed by atoms with Crippen LogP contribution in [0.25, 0.3) is 0 Å².